The minimum absolute atomic E-state index is 0. The molecule has 3 rings (SSSR count). The Kier molecular flexibility index (Phi) is 5.77. The molecule has 0 aliphatic carbocycles. The van der Waals surface area contributed by atoms with Gasteiger partial charge in [0.1, 0.15) is 5.82 Å². The molecule has 0 spiro atoms. The first kappa shape index (κ1) is 17.9. The summed E-state index contributed by atoms with van der Waals surface area (Å²) in [7, 11) is 1.93. The average Bonchev–Trinajstić information content (AvgIpc) is 2.73. The van der Waals surface area contributed by atoms with E-state index in [1.807, 2.05) is 37.6 Å². The van der Waals surface area contributed by atoms with Gasteiger partial charge in [-0.3, -0.25) is 4.79 Å². The van der Waals surface area contributed by atoms with E-state index in [0.29, 0.717) is 11.1 Å². The first-order valence-corrected chi connectivity index (χ1v) is 6.52. The molecule has 5 heteroatoms. The second-order valence-corrected chi connectivity index (χ2v) is 4.63. The number of aromatic nitrogens is 3. The number of fused-ring (bicyclic) bond motifs is 3. The molecule has 0 amide bonds. The first-order valence-electron chi connectivity index (χ1n) is 6.52. The number of pyridine rings is 1. The number of imidazole rings is 1. The van der Waals surface area contributed by atoms with Gasteiger partial charge < -0.3 is 16.5 Å². The maximum Gasteiger partial charge on any atom is 0.254 e. The predicted octanol–water partition coefficient (Wildman–Crippen LogP) is 3.05. The Hall–Kier alpha value is -1.13. The standard InChI is InChI=1S/C14H14N3O.C2H5.Y/c1-7-8(2)15-14(18)12-10(7)5-6-11-13(12)17(4)9(3)16-11;1-2;/h5-6H,2H2,1,3-4H3,(H,15,18);1H2,2H3;/q2*-1;. The summed E-state index contributed by atoms with van der Waals surface area (Å²) in [5.41, 5.74) is 3.31. The van der Waals surface area contributed by atoms with Gasteiger partial charge in [0, 0.05) is 39.8 Å². The van der Waals surface area contributed by atoms with Gasteiger partial charge in [0.05, 0.1) is 16.4 Å². The molecule has 0 aliphatic heterocycles. The zero-order valence-corrected chi connectivity index (χ0v) is 15.8. The van der Waals surface area contributed by atoms with Crippen LogP contribution in [-0.2, 0) is 39.8 Å². The number of aryl methyl sites for hydroxylation is 3. The zero-order chi connectivity index (χ0) is 15.0. The molecule has 4 nitrogen and oxygen atoms in total. The van der Waals surface area contributed by atoms with Crippen LogP contribution < -0.4 is 5.56 Å². The van der Waals surface area contributed by atoms with Crippen LogP contribution in [0.4, 0.5) is 0 Å². The van der Waals surface area contributed by atoms with Crippen molar-refractivity contribution < 1.29 is 32.7 Å². The number of hydrogen-bond donors (Lipinski definition) is 1. The molecule has 2 aromatic heterocycles. The molecule has 0 unspecified atom stereocenters. The Bertz CT molecular complexity index is 846. The van der Waals surface area contributed by atoms with E-state index in [0.717, 1.165) is 27.8 Å². The number of hydrogen-bond acceptors (Lipinski definition) is 2. The summed E-state index contributed by atoms with van der Waals surface area (Å²) in [6.07, 6.45) is 0. The Morgan fingerprint density at radius 1 is 1.24 bits per heavy atom. The van der Waals surface area contributed by atoms with Crippen molar-refractivity contribution in [3.05, 3.63) is 53.4 Å². The molecule has 0 saturated carbocycles. The van der Waals surface area contributed by atoms with Crippen molar-refractivity contribution in [1.82, 2.24) is 14.5 Å². The third-order valence-electron chi connectivity index (χ3n) is 3.61. The second kappa shape index (κ2) is 6.76. The fraction of sp³-hybridized carbons (Fsp3) is 0.250. The van der Waals surface area contributed by atoms with E-state index in [1.54, 1.807) is 6.92 Å². The van der Waals surface area contributed by atoms with E-state index < -0.39 is 0 Å². The number of rotatable bonds is 0. The van der Waals surface area contributed by atoms with Gasteiger partial charge in [-0.1, -0.05) is 11.5 Å². The van der Waals surface area contributed by atoms with Crippen molar-refractivity contribution in [2.24, 2.45) is 7.05 Å². The second-order valence-electron chi connectivity index (χ2n) is 4.63. The van der Waals surface area contributed by atoms with Gasteiger partial charge >= 0.3 is 0 Å². The van der Waals surface area contributed by atoms with Crippen LogP contribution in [0.1, 0.15) is 24.0 Å². The van der Waals surface area contributed by atoms with Crippen LogP contribution in [0.3, 0.4) is 0 Å². The van der Waals surface area contributed by atoms with Gasteiger partial charge in [-0.05, 0) is 13.0 Å². The largest absolute Gasteiger partial charge is 0.356 e. The molecule has 1 aromatic carbocycles. The van der Waals surface area contributed by atoms with Gasteiger partial charge in [0.25, 0.3) is 5.56 Å². The molecule has 0 fully saturated rings. The van der Waals surface area contributed by atoms with Gasteiger partial charge in [-0.15, -0.1) is 12.6 Å². The van der Waals surface area contributed by atoms with Crippen molar-refractivity contribution in [3.63, 3.8) is 0 Å². The molecule has 109 valence electrons. The van der Waals surface area contributed by atoms with E-state index in [2.05, 4.69) is 23.8 Å². The Morgan fingerprint density at radius 2 is 1.86 bits per heavy atom. The quantitative estimate of drug-likeness (QED) is 0.628. The summed E-state index contributed by atoms with van der Waals surface area (Å²) < 4.78 is 1.95. The van der Waals surface area contributed by atoms with Crippen molar-refractivity contribution in [2.75, 3.05) is 0 Å². The maximum absolute atomic E-state index is 12.2. The van der Waals surface area contributed by atoms with E-state index >= 15 is 0 Å². The van der Waals surface area contributed by atoms with Crippen molar-refractivity contribution in [1.29, 1.82) is 0 Å². The summed E-state index contributed by atoms with van der Waals surface area (Å²) in [4.78, 5) is 19.4. The van der Waals surface area contributed by atoms with Crippen LogP contribution in [0, 0.1) is 27.7 Å². The van der Waals surface area contributed by atoms with Crippen molar-refractivity contribution in [2.45, 2.75) is 20.8 Å². The third kappa shape index (κ3) is 2.79. The Morgan fingerprint density at radius 3 is 2.48 bits per heavy atom. The van der Waals surface area contributed by atoms with Crippen LogP contribution in [0.15, 0.2) is 16.9 Å². The van der Waals surface area contributed by atoms with Gasteiger partial charge in [0.15, 0.2) is 0 Å². The van der Waals surface area contributed by atoms with Crippen LogP contribution in [-0.4, -0.2) is 14.5 Å². The summed E-state index contributed by atoms with van der Waals surface area (Å²) in [5.74, 6) is 0.897. The molecule has 1 N–H and O–H groups in total. The molecule has 0 saturated heterocycles. The van der Waals surface area contributed by atoms with Crippen molar-refractivity contribution in [3.8, 4) is 0 Å². The summed E-state index contributed by atoms with van der Waals surface area (Å²) >= 11 is 0. The fourth-order valence-corrected chi connectivity index (χ4v) is 2.42. The molecule has 0 aliphatic rings. The topological polar surface area (TPSA) is 50.7 Å². The van der Waals surface area contributed by atoms with Crippen LogP contribution >= 0.6 is 0 Å². The van der Waals surface area contributed by atoms with Crippen molar-refractivity contribution >= 4 is 21.8 Å². The normalized spacial score (nSPS) is 10.1. The molecular weight excluding hydrogens is 339 g/mol. The van der Waals surface area contributed by atoms with E-state index in [4.69, 9.17) is 0 Å². The van der Waals surface area contributed by atoms with Gasteiger partial charge in [-0.2, -0.15) is 12.5 Å². The number of nitrogens with one attached hydrogen (secondary N) is 1. The molecular formula is C16H19N3OY-2. The first-order chi connectivity index (χ1) is 9.50. The zero-order valence-electron chi connectivity index (χ0n) is 12.9. The third-order valence-corrected chi connectivity index (χ3v) is 3.61. The van der Waals surface area contributed by atoms with Crippen LogP contribution in [0.25, 0.3) is 21.8 Å². The van der Waals surface area contributed by atoms with E-state index in [-0.39, 0.29) is 38.3 Å². The monoisotopic (exact) mass is 358 g/mol. The molecule has 21 heavy (non-hydrogen) atoms. The number of nitrogens with zero attached hydrogens (tertiary/aromatic N) is 2. The van der Waals surface area contributed by atoms with Crippen LogP contribution in [0.2, 0.25) is 0 Å². The number of H-pyrrole nitrogens is 1. The van der Waals surface area contributed by atoms with Crippen LogP contribution in [0.5, 0.6) is 0 Å². The fourth-order valence-electron chi connectivity index (χ4n) is 2.42. The molecule has 1 radical (unpaired) electrons. The smallest absolute Gasteiger partial charge is 0.254 e. The maximum atomic E-state index is 12.2. The summed E-state index contributed by atoms with van der Waals surface area (Å²) in [6.45, 7) is 12.8. The SMILES string of the molecule is [CH2-]C.[CH2-]c1[nH]c(=O)c2c(ccc3nc(C)n(C)c32)c1C.[Y]. The minimum Gasteiger partial charge on any atom is -0.356 e. The van der Waals surface area contributed by atoms with E-state index in [1.165, 1.54) is 0 Å². The predicted molar refractivity (Wildman–Crippen MR) is 83.8 cm³/mol. The Labute approximate surface area is 149 Å². The summed E-state index contributed by atoms with van der Waals surface area (Å²) in [6, 6.07) is 3.90. The molecule has 0 bridgehead atoms. The van der Waals surface area contributed by atoms with Gasteiger partial charge in [0.2, 0.25) is 0 Å². The minimum atomic E-state index is -0.103. The van der Waals surface area contributed by atoms with Gasteiger partial charge in [-0.25, -0.2) is 11.9 Å². The molecule has 0 atom stereocenters. The number of aromatic amines is 1. The van der Waals surface area contributed by atoms with E-state index in [9.17, 15) is 4.79 Å². The average molecular weight is 358 g/mol. The number of benzene rings is 1. The molecule has 3 aromatic rings. The Balaban J connectivity index is 0.000000706. The summed E-state index contributed by atoms with van der Waals surface area (Å²) in [5, 5.41) is 1.64. The molecule has 2 heterocycles.